The van der Waals surface area contributed by atoms with E-state index in [9.17, 15) is 4.79 Å². The lowest BCUT2D eigenvalue weighted by Gasteiger charge is -1.93. The van der Waals surface area contributed by atoms with Gasteiger partial charge in [-0.15, -0.1) is 5.10 Å². The predicted octanol–water partition coefficient (Wildman–Crippen LogP) is 2.19. The van der Waals surface area contributed by atoms with Crippen molar-refractivity contribution in [2.24, 2.45) is 0 Å². The highest BCUT2D eigenvalue weighted by Gasteiger charge is 2.23. The van der Waals surface area contributed by atoms with Crippen LogP contribution in [0.5, 0.6) is 0 Å². The summed E-state index contributed by atoms with van der Waals surface area (Å²) < 4.78 is 8.81. The third-order valence-corrected chi connectivity index (χ3v) is 2.93. The van der Waals surface area contributed by atoms with Crippen molar-refractivity contribution in [3.63, 3.8) is 0 Å². The Labute approximate surface area is 94.2 Å². The van der Waals surface area contributed by atoms with E-state index in [1.54, 1.807) is 13.8 Å². The van der Waals surface area contributed by atoms with Crippen LogP contribution in [0.4, 0.5) is 0 Å². The van der Waals surface area contributed by atoms with E-state index >= 15 is 0 Å². The zero-order chi connectivity index (χ0) is 11.0. The van der Waals surface area contributed by atoms with Gasteiger partial charge in [0, 0.05) is 0 Å². The molecule has 2 aromatic heterocycles. The third-order valence-electron chi connectivity index (χ3n) is 1.92. The quantitative estimate of drug-likeness (QED) is 0.757. The molecule has 0 spiro atoms. The molecule has 5 nitrogen and oxygen atoms in total. The minimum Gasteiger partial charge on any atom is -0.354 e. The van der Waals surface area contributed by atoms with E-state index in [1.807, 2.05) is 0 Å². The summed E-state index contributed by atoms with van der Waals surface area (Å²) >= 11 is 6.59. The Balaban J connectivity index is 2.64. The molecule has 0 N–H and O–H groups in total. The predicted molar refractivity (Wildman–Crippen MR) is 55.1 cm³/mol. The van der Waals surface area contributed by atoms with Crippen molar-refractivity contribution >= 4 is 28.4 Å². The zero-order valence-electron chi connectivity index (χ0n) is 7.94. The molecule has 0 aliphatic rings. The van der Waals surface area contributed by atoms with Gasteiger partial charge in [0.2, 0.25) is 0 Å². The standard InChI is InChI=1S/C8H6ClN3O2S/c1-3-5(8(9)13)6(14-11-3)7-4(2)10-12-15-7/h1-2H3. The van der Waals surface area contributed by atoms with Crippen molar-refractivity contribution in [3.05, 3.63) is 17.0 Å². The maximum Gasteiger partial charge on any atom is 0.258 e. The van der Waals surface area contributed by atoms with Crippen LogP contribution >= 0.6 is 23.1 Å². The first-order valence-electron chi connectivity index (χ1n) is 4.06. The summed E-state index contributed by atoms with van der Waals surface area (Å²) in [7, 11) is 0. The van der Waals surface area contributed by atoms with Crippen LogP contribution in [-0.4, -0.2) is 20.0 Å². The molecule has 0 atom stereocenters. The Morgan fingerprint density at radius 1 is 1.40 bits per heavy atom. The molecule has 0 fully saturated rings. The summed E-state index contributed by atoms with van der Waals surface area (Å²) in [6.07, 6.45) is 0. The lowest BCUT2D eigenvalue weighted by atomic mass is 10.2. The van der Waals surface area contributed by atoms with Crippen molar-refractivity contribution in [2.75, 3.05) is 0 Å². The molecular weight excluding hydrogens is 238 g/mol. The van der Waals surface area contributed by atoms with Gasteiger partial charge in [0.05, 0.1) is 11.4 Å². The molecule has 2 rings (SSSR count). The largest absolute Gasteiger partial charge is 0.354 e. The number of aryl methyl sites for hydroxylation is 2. The van der Waals surface area contributed by atoms with Crippen LogP contribution in [0.2, 0.25) is 0 Å². The van der Waals surface area contributed by atoms with E-state index in [1.165, 1.54) is 0 Å². The van der Waals surface area contributed by atoms with Crippen molar-refractivity contribution in [1.29, 1.82) is 0 Å². The number of halogens is 1. The number of carbonyl (C=O) groups excluding carboxylic acids is 1. The second-order valence-electron chi connectivity index (χ2n) is 2.93. The van der Waals surface area contributed by atoms with E-state index in [2.05, 4.69) is 14.7 Å². The smallest absolute Gasteiger partial charge is 0.258 e. The molecule has 0 saturated heterocycles. The first-order chi connectivity index (χ1) is 7.11. The second-order valence-corrected chi connectivity index (χ2v) is 4.03. The summed E-state index contributed by atoms with van der Waals surface area (Å²) in [4.78, 5) is 11.9. The van der Waals surface area contributed by atoms with Crippen LogP contribution in [0.1, 0.15) is 21.7 Å². The number of nitrogens with zero attached hydrogens (tertiary/aromatic N) is 3. The summed E-state index contributed by atoms with van der Waals surface area (Å²) in [5.41, 5.74) is 1.44. The van der Waals surface area contributed by atoms with E-state index in [4.69, 9.17) is 16.1 Å². The Morgan fingerprint density at radius 2 is 2.13 bits per heavy atom. The van der Waals surface area contributed by atoms with Gasteiger partial charge in [-0.2, -0.15) is 0 Å². The fourth-order valence-corrected chi connectivity index (χ4v) is 2.06. The average Bonchev–Trinajstić information content (AvgIpc) is 2.71. The minimum absolute atomic E-state index is 0.283. The van der Waals surface area contributed by atoms with Crippen LogP contribution in [0.15, 0.2) is 4.52 Å². The topological polar surface area (TPSA) is 68.9 Å². The van der Waals surface area contributed by atoms with Crippen LogP contribution in [0.25, 0.3) is 10.6 Å². The molecule has 15 heavy (non-hydrogen) atoms. The van der Waals surface area contributed by atoms with Crippen molar-refractivity contribution in [1.82, 2.24) is 14.7 Å². The molecule has 0 aliphatic carbocycles. The maximum absolute atomic E-state index is 11.2. The molecule has 0 bridgehead atoms. The number of carbonyl (C=O) groups is 1. The minimum atomic E-state index is -0.587. The number of rotatable bonds is 2. The summed E-state index contributed by atoms with van der Waals surface area (Å²) in [5, 5.41) is 6.95. The summed E-state index contributed by atoms with van der Waals surface area (Å²) in [6, 6.07) is 0. The Hall–Kier alpha value is -1.27. The van der Waals surface area contributed by atoms with Gasteiger partial charge in [-0.25, -0.2) is 0 Å². The summed E-state index contributed by atoms with van der Waals surface area (Å²) in [6.45, 7) is 3.44. The fraction of sp³-hybridized carbons (Fsp3) is 0.250. The molecule has 2 heterocycles. The third kappa shape index (κ3) is 1.66. The Bertz CT molecular complexity index is 520. The van der Waals surface area contributed by atoms with Gasteiger partial charge >= 0.3 is 0 Å². The number of aromatic nitrogens is 3. The van der Waals surface area contributed by atoms with Crippen molar-refractivity contribution in [2.45, 2.75) is 13.8 Å². The molecule has 7 heteroatoms. The first kappa shape index (κ1) is 10.3. The van der Waals surface area contributed by atoms with Gasteiger partial charge in [0.15, 0.2) is 5.76 Å². The van der Waals surface area contributed by atoms with Gasteiger partial charge in [0.25, 0.3) is 5.24 Å². The van der Waals surface area contributed by atoms with Crippen molar-refractivity contribution < 1.29 is 9.32 Å². The van der Waals surface area contributed by atoms with Gasteiger partial charge in [-0.05, 0) is 37.0 Å². The molecule has 0 saturated carbocycles. The van der Waals surface area contributed by atoms with E-state index in [0.29, 0.717) is 22.0 Å². The average molecular weight is 244 g/mol. The van der Waals surface area contributed by atoms with Gasteiger partial charge in [-0.3, -0.25) is 4.79 Å². The molecular formula is C8H6ClN3O2S. The molecule has 0 aromatic carbocycles. The number of hydrogen-bond acceptors (Lipinski definition) is 6. The van der Waals surface area contributed by atoms with Crippen LogP contribution in [0.3, 0.4) is 0 Å². The molecule has 2 aromatic rings. The Morgan fingerprint density at radius 3 is 2.67 bits per heavy atom. The molecule has 78 valence electrons. The first-order valence-corrected chi connectivity index (χ1v) is 5.22. The number of hydrogen-bond donors (Lipinski definition) is 0. The van der Waals surface area contributed by atoms with Gasteiger partial charge < -0.3 is 4.52 Å². The SMILES string of the molecule is Cc1nnsc1-c1onc(C)c1C(=O)Cl. The maximum atomic E-state index is 11.2. The molecule has 0 amide bonds. The van der Waals surface area contributed by atoms with Crippen molar-refractivity contribution in [3.8, 4) is 10.6 Å². The second kappa shape index (κ2) is 3.71. The Kier molecular flexibility index (Phi) is 2.54. The van der Waals surface area contributed by atoms with Crippen LogP contribution < -0.4 is 0 Å². The highest BCUT2D eigenvalue weighted by Crippen LogP contribution is 2.31. The van der Waals surface area contributed by atoms with E-state index in [-0.39, 0.29) is 5.56 Å². The van der Waals surface area contributed by atoms with Crippen LogP contribution in [0, 0.1) is 13.8 Å². The van der Waals surface area contributed by atoms with Gasteiger partial charge in [-0.1, -0.05) is 9.64 Å². The van der Waals surface area contributed by atoms with E-state index < -0.39 is 5.24 Å². The lowest BCUT2D eigenvalue weighted by molar-refractivity contribution is 0.108. The van der Waals surface area contributed by atoms with Gasteiger partial charge in [0.1, 0.15) is 10.4 Å². The fourth-order valence-electron chi connectivity index (χ4n) is 1.20. The highest BCUT2D eigenvalue weighted by molar-refractivity contribution is 7.09. The monoisotopic (exact) mass is 243 g/mol. The summed E-state index contributed by atoms with van der Waals surface area (Å²) in [5.74, 6) is 0.347. The molecule has 0 aliphatic heterocycles. The lowest BCUT2D eigenvalue weighted by Crippen LogP contribution is -1.92. The highest BCUT2D eigenvalue weighted by atomic mass is 35.5. The van der Waals surface area contributed by atoms with Crippen LogP contribution in [-0.2, 0) is 0 Å². The molecule has 0 unspecified atom stereocenters. The normalized spacial score (nSPS) is 10.6. The van der Waals surface area contributed by atoms with E-state index in [0.717, 1.165) is 11.5 Å². The zero-order valence-corrected chi connectivity index (χ0v) is 9.52. The molecule has 0 radical (unpaired) electrons.